The monoisotopic (exact) mass is 252 g/mol. The first-order valence-corrected chi connectivity index (χ1v) is 8.08. The summed E-state index contributed by atoms with van der Waals surface area (Å²) in [6.45, 7) is 9.36. The molecule has 1 saturated carbocycles. The highest BCUT2D eigenvalue weighted by Gasteiger charge is 2.47. The van der Waals surface area contributed by atoms with Crippen molar-refractivity contribution in [3.63, 3.8) is 0 Å². The largest absolute Gasteiger partial charge is 0.329 e. The third kappa shape index (κ3) is 2.46. The Labute approximate surface area is 113 Å². The molecule has 2 nitrogen and oxygen atoms in total. The summed E-state index contributed by atoms with van der Waals surface area (Å²) in [6, 6.07) is 0.738. The number of piperidine rings is 1. The Balaban J connectivity index is 2.25. The second kappa shape index (κ2) is 5.92. The molecule has 0 amide bonds. The number of likely N-dealkylation sites (tertiary alicyclic amines) is 1. The lowest BCUT2D eigenvalue weighted by molar-refractivity contribution is -0.0503. The Hall–Kier alpha value is -0.0800. The van der Waals surface area contributed by atoms with Crippen LogP contribution >= 0.6 is 0 Å². The quantitative estimate of drug-likeness (QED) is 0.834. The molecule has 2 rings (SSSR count). The molecule has 0 bridgehead atoms. The summed E-state index contributed by atoms with van der Waals surface area (Å²) in [7, 11) is 0. The van der Waals surface area contributed by atoms with Gasteiger partial charge in [0.2, 0.25) is 0 Å². The summed E-state index contributed by atoms with van der Waals surface area (Å²) >= 11 is 0. The van der Waals surface area contributed by atoms with Crippen molar-refractivity contribution >= 4 is 0 Å². The molecule has 1 aliphatic heterocycles. The van der Waals surface area contributed by atoms with E-state index in [0.29, 0.717) is 5.54 Å². The van der Waals surface area contributed by atoms with Gasteiger partial charge in [-0.05, 0) is 51.0 Å². The van der Waals surface area contributed by atoms with Crippen LogP contribution in [-0.2, 0) is 0 Å². The lowest BCUT2D eigenvalue weighted by atomic mass is 9.66. The van der Waals surface area contributed by atoms with E-state index in [4.69, 9.17) is 5.73 Å². The van der Waals surface area contributed by atoms with Crippen molar-refractivity contribution in [3.05, 3.63) is 0 Å². The molecule has 1 saturated heterocycles. The fourth-order valence-electron chi connectivity index (χ4n) is 4.69. The summed E-state index contributed by atoms with van der Waals surface area (Å²) in [5, 5.41) is 0. The Kier molecular flexibility index (Phi) is 4.71. The first-order valence-electron chi connectivity index (χ1n) is 8.08. The lowest BCUT2D eigenvalue weighted by Gasteiger charge is -2.56. The second-order valence-electron chi connectivity index (χ2n) is 6.94. The van der Waals surface area contributed by atoms with Crippen LogP contribution in [0.2, 0.25) is 0 Å². The van der Waals surface area contributed by atoms with Crippen molar-refractivity contribution in [1.82, 2.24) is 4.90 Å². The molecule has 2 fully saturated rings. The summed E-state index contributed by atoms with van der Waals surface area (Å²) in [5.41, 5.74) is 6.63. The molecule has 2 aliphatic rings. The average molecular weight is 252 g/mol. The molecule has 18 heavy (non-hydrogen) atoms. The minimum Gasteiger partial charge on any atom is -0.329 e. The van der Waals surface area contributed by atoms with Crippen LogP contribution in [0, 0.1) is 11.8 Å². The molecular weight excluding hydrogens is 220 g/mol. The van der Waals surface area contributed by atoms with Gasteiger partial charge in [-0.3, -0.25) is 4.90 Å². The highest BCUT2D eigenvalue weighted by molar-refractivity contribution is 5.03. The standard InChI is InChI=1S/C16H32N2/c1-13(2)15-9-4-6-10-16(15,12-17)18-11-7-5-8-14(18)3/h13-15H,4-12,17H2,1-3H3. The van der Waals surface area contributed by atoms with Crippen LogP contribution in [-0.4, -0.2) is 29.6 Å². The summed E-state index contributed by atoms with van der Waals surface area (Å²) in [5.74, 6) is 1.57. The number of hydrogen-bond acceptors (Lipinski definition) is 2. The molecule has 2 heteroatoms. The van der Waals surface area contributed by atoms with Gasteiger partial charge in [0.1, 0.15) is 0 Å². The van der Waals surface area contributed by atoms with Gasteiger partial charge in [-0.2, -0.15) is 0 Å². The second-order valence-corrected chi connectivity index (χ2v) is 6.94. The minimum absolute atomic E-state index is 0.312. The molecule has 0 aromatic carbocycles. The molecule has 3 unspecified atom stereocenters. The zero-order valence-corrected chi connectivity index (χ0v) is 12.6. The Morgan fingerprint density at radius 2 is 1.89 bits per heavy atom. The van der Waals surface area contributed by atoms with Crippen LogP contribution in [0.25, 0.3) is 0 Å². The fourth-order valence-corrected chi connectivity index (χ4v) is 4.69. The summed E-state index contributed by atoms with van der Waals surface area (Å²) in [6.07, 6.45) is 9.65. The van der Waals surface area contributed by atoms with Gasteiger partial charge in [0.15, 0.2) is 0 Å². The van der Waals surface area contributed by atoms with E-state index >= 15 is 0 Å². The van der Waals surface area contributed by atoms with Crippen molar-refractivity contribution in [2.75, 3.05) is 13.1 Å². The van der Waals surface area contributed by atoms with Gasteiger partial charge in [0.05, 0.1) is 0 Å². The van der Waals surface area contributed by atoms with Crippen molar-refractivity contribution in [2.24, 2.45) is 17.6 Å². The van der Waals surface area contributed by atoms with Crippen LogP contribution in [0.5, 0.6) is 0 Å². The van der Waals surface area contributed by atoms with Crippen LogP contribution in [0.3, 0.4) is 0 Å². The maximum Gasteiger partial charge on any atom is 0.0365 e. The first-order chi connectivity index (χ1) is 8.62. The van der Waals surface area contributed by atoms with Crippen molar-refractivity contribution in [2.45, 2.75) is 77.3 Å². The van der Waals surface area contributed by atoms with Gasteiger partial charge in [0, 0.05) is 18.1 Å². The van der Waals surface area contributed by atoms with Gasteiger partial charge < -0.3 is 5.73 Å². The number of hydrogen-bond donors (Lipinski definition) is 1. The van der Waals surface area contributed by atoms with E-state index in [1.807, 2.05) is 0 Å². The summed E-state index contributed by atoms with van der Waals surface area (Å²) in [4.78, 5) is 2.81. The van der Waals surface area contributed by atoms with Gasteiger partial charge in [-0.1, -0.05) is 33.1 Å². The van der Waals surface area contributed by atoms with E-state index in [1.165, 1.54) is 51.5 Å². The Morgan fingerprint density at radius 1 is 1.17 bits per heavy atom. The number of nitrogens with two attached hydrogens (primary N) is 1. The van der Waals surface area contributed by atoms with Crippen LogP contribution in [0.4, 0.5) is 0 Å². The van der Waals surface area contributed by atoms with Crippen LogP contribution in [0.1, 0.15) is 65.7 Å². The highest BCUT2D eigenvalue weighted by atomic mass is 15.2. The molecule has 3 atom stereocenters. The maximum atomic E-state index is 6.32. The zero-order valence-electron chi connectivity index (χ0n) is 12.6. The van der Waals surface area contributed by atoms with Crippen LogP contribution < -0.4 is 5.73 Å². The van der Waals surface area contributed by atoms with Gasteiger partial charge in [-0.15, -0.1) is 0 Å². The molecule has 0 spiro atoms. The van der Waals surface area contributed by atoms with Gasteiger partial charge >= 0.3 is 0 Å². The van der Waals surface area contributed by atoms with Crippen molar-refractivity contribution in [1.29, 1.82) is 0 Å². The SMILES string of the molecule is CC(C)C1CCCCC1(CN)N1CCCCC1C. The van der Waals surface area contributed by atoms with Crippen molar-refractivity contribution in [3.8, 4) is 0 Å². The maximum absolute atomic E-state index is 6.32. The predicted molar refractivity (Wildman–Crippen MR) is 78.6 cm³/mol. The normalized spacial score (nSPS) is 39.2. The molecular formula is C16H32N2. The van der Waals surface area contributed by atoms with Crippen molar-refractivity contribution < 1.29 is 0 Å². The van der Waals surface area contributed by atoms with Gasteiger partial charge in [0.25, 0.3) is 0 Å². The molecule has 2 N–H and O–H groups in total. The zero-order chi connectivity index (χ0) is 13.2. The predicted octanol–water partition coefficient (Wildman–Crippen LogP) is 3.40. The number of rotatable bonds is 3. The molecule has 1 heterocycles. The topological polar surface area (TPSA) is 29.3 Å². The lowest BCUT2D eigenvalue weighted by Crippen LogP contribution is -2.64. The summed E-state index contributed by atoms with van der Waals surface area (Å²) < 4.78 is 0. The van der Waals surface area contributed by atoms with E-state index in [0.717, 1.165) is 24.4 Å². The third-order valence-electron chi connectivity index (χ3n) is 5.60. The molecule has 0 aromatic heterocycles. The fraction of sp³-hybridized carbons (Fsp3) is 1.00. The van der Waals surface area contributed by atoms with Crippen LogP contribution in [0.15, 0.2) is 0 Å². The molecule has 0 aromatic rings. The van der Waals surface area contributed by atoms with E-state index in [1.54, 1.807) is 0 Å². The molecule has 0 radical (unpaired) electrons. The highest BCUT2D eigenvalue weighted by Crippen LogP contribution is 2.44. The first kappa shape index (κ1) is 14.3. The Morgan fingerprint density at radius 3 is 2.50 bits per heavy atom. The van der Waals surface area contributed by atoms with E-state index in [-0.39, 0.29) is 0 Å². The van der Waals surface area contributed by atoms with E-state index < -0.39 is 0 Å². The Bertz CT molecular complexity index is 264. The molecule has 106 valence electrons. The van der Waals surface area contributed by atoms with E-state index in [9.17, 15) is 0 Å². The van der Waals surface area contributed by atoms with Gasteiger partial charge in [-0.25, -0.2) is 0 Å². The minimum atomic E-state index is 0.312. The molecule has 1 aliphatic carbocycles. The average Bonchev–Trinajstić information content (AvgIpc) is 2.39. The van der Waals surface area contributed by atoms with E-state index in [2.05, 4.69) is 25.7 Å². The third-order valence-corrected chi connectivity index (χ3v) is 5.60. The number of nitrogens with zero attached hydrogens (tertiary/aromatic N) is 1. The smallest absolute Gasteiger partial charge is 0.0365 e.